The number of hydrogen-bond donors (Lipinski definition) is 1. The van der Waals surface area contributed by atoms with Gasteiger partial charge in [-0.3, -0.25) is 9.69 Å². The molecule has 1 spiro atoms. The van der Waals surface area contributed by atoms with Gasteiger partial charge in [-0.05, 0) is 38.1 Å². The van der Waals surface area contributed by atoms with Gasteiger partial charge in [0.1, 0.15) is 5.82 Å². The Hall–Kier alpha value is -1.94. The normalized spacial score (nSPS) is 19.8. The summed E-state index contributed by atoms with van der Waals surface area (Å²) in [6, 6.07) is 4.40. The van der Waals surface area contributed by atoms with Crippen LogP contribution in [0.25, 0.3) is 0 Å². The second-order valence-electron chi connectivity index (χ2n) is 7.62. The topological polar surface area (TPSA) is 87.5 Å². The number of piperidine rings is 1. The van der Waals surface area contributed by atoms with E-state index in [1.807, 2.05) is 12.4 Å². The molecule has 10 heteroatoms. The molecule has 1 saturated heterocycles. The molecule has 2 aliphatic heterocycles. The van der Waals surface area contributed by atoms with Crippen LogP contribution in [0.1, 0.15) is 25.6 Å². The van der Waals surface area contributed by atoms with E-state index in [1.54, 1.807) is 0 Å². The molecular weight excluding hydrogens is 414 g/mol. The number of benzene rings is 1. The number of carbonyl (C=O) groups excluding carboxylic acids is 1. The van der Waals surface area contributed by atoms with Crippen LogP contribution in [0, 0.1) is 0 Å². The van der Waals surface area contributed by atoms with Crippen molar-refractivity contribution in [2.24, 2.45) is 0 Å². The molecule has 0 radical (unpaired) electrons. The molecule has 2 aromatic rings. The third-order valence-electron chi connectivity index (χ3n) is 5.98. The maximum absolute atomic E-state index is 13.2. The summed E-state index contributed by atoms with van der Waals surface area (Å²) in [5.74, 6) is 0.754. The van der Waals surface area contributed by atoms with Crippen LogP contribution in [0.3, 0.4) is 0 Å². The van der Waals surface area contributed by atoms with Crippen LogP contribution in [-0.2, 0) is 26.9 Å². The zero-order valence-corrected chi connectivity index (χ0v) is 18.0. The van der Waals surface area contributed by atoms with Gasteiger partial charge in [0.25, 0.3) is 0 Å². The second-order valence-corrected chi connectivity index (χ2v) is 9.97. The minimum absolute atomic E-state index is 0.131. The Labute approximate surface area is 175 Å². The van der Waals surface area contributed by atoms with E-state index >= 15 is 0 Å². The molecule has 0 atom stereocenters. The van der Waals surface area contributed by atoms with E-state index in [0.29, 0.717) is 31.6 Å². The first-order chi connectivity index (χ1) is 13.7. The van der Waals surface area contributed by atoms with Crippen molar-refractivity contribution in [3.05, 3.63) is 41.4 Å². The maximum Gasteiger partial charge on any atom is 0.243 e. The van der Waals surface area contributed by atoms with Crippen molar-refractivity contribution < 1.29 is 13.2 Å². The zero-order valence-electron chi connectivity index (χ0n) is 16.4. The molecule has 1 fully saturated rings. The first-order valence-electron chi connectivity index (χ1n) is 9.54. The highest BCUT2D eigenvalue weighted by Gasteiger charge is 2.46. The first-order valence-corrected chi connectivity index (χ1v) is 11.4. The van der Waals surface area contributed by atoms with Gasteiger partial charge in [0, 0.05) is 45.5 Å². The Kier molecular flexibility index (Phi) is 5.18. The lowest BCUT2D eigenvalue weighted by Crippen LogP contribution is -2.56. The monoisotopic (exact) mass is 437 g/mol. The number of amides is 1. The van der Waals surface area contributed by atoms with E-state index in [9.17, 15) is 13.2 Å². The zero-order chi connectivity index (χ0) is 20.8. The predicted octanol–water partition coefficient (Wildman–Crippen LogP) is 2.12. The number of anilines is 1. The highest BCUT2D eigenvalue weighted by Crippen LogP contribution is 2.40. The van der Waals surface area contributed by atoms with E-state index in [4.69, 9.17) is 11.6 Å². The summed E-state index contributed by atoms with van der Waals surface area (Å²) in [5, 5.41) is 2.79. The molecule has 1 amide bonds. The molecule has 0 aliphatic carbocycles. The van der Waals surface area contributed by atoms with Crippen molar-refractivity contribution in [3.63, 3.8) is 0 Å². The maximum atomic E-state index is 13.2. The summed E-state index contributed by atoms with van der Waals surface area (Å²) in [6.45, 7) is 4.00. The van der Waals surface area contributed by atoms with Crippen LogP contribution in [0.4, 0.5) is 5.69 Å². The van der Waals surface area contributed by atoms with Crippen LogP contribution in [0.15, 0.2) is 35.5 Å². The van der Waals surface area contributed by atoms with E-state index in [0.717, 1.165) is 18.9 Å². The Morgan fingerprint density at radius 1 is 1.21 bits per heavy atom. The van der Waals surface area contributed by atoms with Crippen LogP contribution >= 0.6 is 11.6 Å². The molecule has 156 valence electrons. The highest BCUT2D eigenvalue weighted by molar-refractivity contribution is 7.89. The van der Waals surface area contributed by atoms with Gasteiger partial charge >= 0.3 is 0 Å². The van der Waals surface area contributed by atoms with Gasteiger partial charge < -0.3 is 9.88 Å². The third-order valence-corrected chi connectivity index (χ3v) is 8.18. The average Bonchev–Trinajstić information content (AvgIpc) is 3.16. The fourth-order valence-corrected chi connectivity index (χ4v) is 6.10. The van der Waals surface area contributed by atoms with Crippen LogP contribution in [-0.4, -0.2) is 59.8 Å². The minimum Gasteiger partial charge on any atom is -0.332 e. The van der Waals surface area contributed by atoms with Crippen molar-refractivity contribution >= 4 is 33.2 Å². The van der Waals surface area contributed by atoms with Gasteiger partial charge in [-0.1, -0.05) is 11.6 Å². The first kappa shape index (κ1) is 20.3. The number of rotatable bonds is 3. The summed E-state index contributed by atoms with van der Waals surface area (Å²) in [7, 11) is -1.59. The molecule has 0 saturated carbocycles. The number of halogens is 1. The summed E-state index contributed by atoms with van der Waals surface area (Å²) in [5.41, 5.74) is 0.159. The number of nitrogens with zero attached hydrogens (tertiary/aromatic N) is 4. The number of hydrogen-bond acceptors (Lipinski definition) is 5. The predicted molar refractivity (Wildman–Crippen MR) is 110 cm³/mol. The van der Waals surface area contributed by atoms with Crippen molar-refractivity contribution in [2.45, 2.75) is 36.7 Å². The van der Waals surface area contributed by atoms with Gasteiger partial charge in [-0.15, -0.1) is 0 Å². The number of likely N-dealkylation sites (N-methyl/N-ethyl adjacent to an activating group) is 1. The molecular formula is C19H24ClN5O3S. The molecule has 1 aromatic carbocycles. The molecule has 4 rings (SSSR count). The second kappa shape index (κ2) is 7.39. The molecule has 0 unspecified atom stereocenters. The van der Waals surface area contributed by atoms with Crippen LogP contribution < -0.4 is 5.32 Å². The number of fused-ring (bicyclic) bond motifs is 2. The lowest BCUT2D eigenvalue weighted by atomic mass is 9.84. The number of aromatic nitrogens is 2. The van der Waals surface area contributed by atoms with Gasteiger partial charge in [-0.2, -0.15) is 4.31 Å². The Balaban J connectivity index is 1.56. The summed E-state index contributed by atoms with van der Waals surface area (Å²) in [4.78, 5) is 18.2. The van der Waals surface area contributed by atoms with E-state index in [-0.39, 0.29) is 21.4 Å². The molecule has 3 heterocycles. The van der Waals surface area contributed by atoms with E-state index < -0.39 is 10.0 Å². The number of carbonyl (C=O) groups is 1. The van der Waals surface area contributed by atoms with Crippen LogP contribution in [0.2, 0.25) is 5.02 Å². The fourth-order valence-electron chi connectivity index (χ4n) is 4.34. The minimum atomic E-state index is -3.68. The van der Waals surface area contributed by atoms with Crippen molar-refractivity contribution in [1.29, 1.82) is 0 Å². The smallest absolute Gasteiger partial charge is 0.243 e. The molecule has 2 aliphatic rings. The molecule has 1 aromatic heterocycles. The summed E-state index contributed by atoms with van der Waals surface area (Å²) in [6.07, 6.45) is 5.17. The Bertz CT molecular complexity index is 1040. The quantitative estimate of drug-likeness (QED) is 0.794. The van der Waals surface area contributed by atoms with Gasteiger partial charge in [-0.25, -0.2) is 13.4 Å². The fraction of sp³-hybridized carbons (Fsp3) is 0.474. The number of imidazole rings is 1. The van der Waals surface area contributed by atoms with E-state index in [2.05, 4.69) is 26.8 Å². The largest absolute Gasteiger partial charge is 0.332 e. The van der Waals surface area contributed by atoms with Gasteiger partial charge in [0.05, 0.1) is 21.1 Å². The Morgan fingerprint density at radius 2 is 1.93 bits per heavy atom. The van der Waals surface area contributed by atoms with Crippen molar-refractivity contribution in [2.75, 3.05) is 32.0 Å². The van der Waals surface area contributed by atoms with E-state index in [1.165, 1.54) is 29.4 Å². The van der Waals surface area contributed by atoms with Gasteiger partial charge in [0.15, 0.2) is 0 Å². The number of nitrogens with one attached hydrogen (secondary N) is 1. The molecule has 0 bridgehead atoms. The molecule has 29 heavy (non-hydrogen) atoms. The molecule has 1 N–H and O–H groups in total. The van der Waals surface area contributed by atoms with Crippen molar-refractivity contribution in [3.8, 4) is 0 Å². The highest BCUT2D eigenvalue weighted by atomic mass is 35.5. The lowest BCUT2D eigenvalue weighted by molar-refractivity contribution is -0.114. The lowest BCUT2D eigenvalue weighted by Gasteiger charge is -2.49. The Morgan fingerprint density at radius 3 is 2.59 bits per heavy atom. The summed E-state index contributed by atoms with van der Waals surface area (Å²) < 4.78 is 30.0. The van der Waals surface area contributed by atoms with Crippen LogP contribution in [0.5, 0.6) is 0 Å². The van der Waals surface area contributed by atoms with Crippen molar-refractivity contribution in [1.82, 2.24) is 18.8 Å². The average molecular weight is 438 g/mol. The standard InChI is InChI=1S/C19H24ClN5O3S/c1-14(26)22-17-4-3-15(13-16(17)20)29(27,28)25-8-5-19(6-9-25)18-21-7-10-24(18)12-11-23(19)2/h3-4,7,10,13H,5-6,8-9,11-12H2,1-2H3,(H,22,26). The summed E-state index contributed by atoms with van der Waals surface area (Å²) >= 11 is 6.18. The molecule has 8 nitrogen and oxygen atoms in total. The SMILES string of the molecule is CC(=O)Nc1ccc(S(=O)(=O)N2CCC3(CC2)c2nccn2CCN3C)cc1Cl. The number of sulfonamides is 1. The van der Waals surface area contributed by atoms with Gasteiger partial charge in [0.2, 0.25) is 15.9 Å². The third kappa shape index (κ3) is 3.46.